The number of hydrogen-bond donors (Lipinski definition) is 0. The maximum atomic E-state index is 11.6. The maximum absolute atomic E-state index is 11.6. The second-order valence-electron chi connectivity index (χ2n) is 8.63. The predicted octanol–water partition coefficient (Wildman–Crippen LogP) is 5.78. The lowest BCUT2D eigenvalue weighted by molar-refractivity contribution is -0.141. The van der Waals surface area contributed by atoms with Crippen molar-refractivity contribution in [2.75, 3.05) is 0 Å². The Hall–Kier alpha value is -5.11. The Labute approximate surface area is 218 Å². The van der Waals surface area contributed by atoms with Gasteiger partial charge < -0.3 is 14.2 Å². The van der Waals surface area contributed by atoms with E-state index in [0.29, 0.717) is 11.4 Å². The van der Waals surface area contributed by atoms with Gasteiger partial charge in [0.1, 0.15) is 5.71 Å². The second kappa shape index (κ2) is 10.5. The normalized spacial score (nSPS) is 12.1. The average Bonchev–Trinajstić information content (AvgIpc) is 3.31. The van der Waals surface area contributed by atoms with E-state index < -0.39 is 11.9 Å². The largest absolute Gasteiger partial charge is 0.332 e. The van der Waals surface area contributed by atoms with Crippen LogP contribution in [-0.2, 0) is 19.3 Å². The van der Waals surface area contributed by atoms with Crippen LogP contribution in [0.25, 0.3) is 27.4 Å². The van der Waals surface area contributed by atoms with E-state index in [0.717, 1.165) is 44.1 Å². The highest BCUT2D eigenvalue weighted by atomic mass is 16.7. The number of rotatable bonds is 6. The van der Waals surface area contributed by atoms with Crippen LogP contribution < -0.4 is 0 Å². The van der Waals surface area contributed by atoms with Gasteiger partial charge in [-0.05, 0) is 36.6 Å². The molecule has 38 heavy (non-hydrogen) atoms. The van der Waals surface area contributed by atoms with E-state index in [-0.39, 0.29) is 0 Å². The van der Waals surface area contributed by atoms with Crippen molar-refractivity contribution in [3.8, 4) is 5.69 Å². The van der Waals surface area contributed by atoms with Crippen LogP contribution in [-0.4, -0.2) is 32.9 Å². The summed E-state index contributed by atoms with van der Waals surface area (Å²) in [6, 6.07) is 23.6. The first kappa shape index (κ1) is 24.6. The molecular formula is C30H24N4O4. The molecule has 0 radical (unpaired) electrons. The van der Waals surface area contributed by atoms with Crippen molar-refractivity contribution in [1.29, 1.82) is 0 Å². The Kier molecular flexibility index (Phi) is 6.78. The third-order valence-electron chi connectivity index (χ3n) is 6.05. The van der Waals surface area contributed by atoms with Crippen molar-refractivity contribution in [2.45, 2.75) is 20.8 Å². The first-order valence-corrected chi connectivity index (χ1v) is 11.9. The highest BCUT2D eigenvalue weighted by Crippen LogP contribution is 2.32. The molecule has 0 spiro atoms. The Balaban J connectivity index is 1.74. The Morgan fingerprint density at radius 3 is 2.05 bits per heavy atom. The number of nitrogens with zero attached hydrogens (tertiary/aromatic N) is 4. The lowest BCUT2D eigenvalue weighted by Gasteiger charge is -2.13. The molecule has 8 heteroatoms. The molecule has 0 N–H and O–H groups in total. The monoisotopic (exact) mass is 504 g/mol. The van der Waals surface area contributed by atoms with Crippen molar-refractivity contribution in [3.05, 3.63) is 108 Å². The zero-order valence-corrected chi connectivity index (χ0v) is 21.1. The summed E-state index contributed by atoms with van der Waals surface area (Å²) < 4.78 is 2.10. The summed E-state index contributed by atoms with van der Waals surface area (Å²) in [6.45, 7) is 4.44. The Morgan fingerprint density at radius 1 is 0.711 bits per heavy atom. The number of oxime groups is 2. The third kappa shape index (κ3) is 4.79. The van der Waals surface area contributed by atoms with Gasteiger partial charge in [-0.25, -0.2) is 9.59 Å². The van der Waals surface area contributed by atoms with Gasteiger partial charge in [-0.15, -0.1) is 0 Å². The van der Waals surface area contributed by atoms with E-state index in [4.69, 9.17) is 9.68 Å². The number of benzene rings is 3. The van der Waals surface area contributed by atoms with E-state index in [2.05, 4.69) is 19.9 Å². The minimum absolute atomic E-state index is 0.475. The summed E-state index contributed by atoms with van der Waals surface area (Å²) in [6.07, 6.45) is 5.34. The molecular weight excluding hydrogens is 480 g/mol. The van der Waals surface area contributed by atoms with Crippen LogP contribution in [0.5, 0.6) is 0 Å². The summed E-state index contributed by atoms with van der Waals surface area (Å²) in [5, 5.41) is 11.1. The molecule has 8 nitrogen and oxygen atoms in total. The summed E-state index contributed by atoms with van der Waals surface area (Å²) in [7, 11) is 0. The highest BCUT2D eigenvalue weighted by Gasteiger charge is 2.19. The standard InChI is InChI=1S/C30H24N4O4/c1-19(32-37-20(2)35)23-12-13-29(25-9-5-4-8-24(23)25)34-18-27(26-10-6-7-11-28(26)34)30(33-38-21(3)36)22-14-16-31-17-15-22/h4-18H,1-3H3/b32-19+,33-30+. The van der Waals surface area contributed by atoms with Crippen molar-refractivity contribution in [1.82, 2.24) is 9.55 Å². The molecule has 2 heterocycles. The topological polar surface area (TPSA) is 95.1 Å². The van der Waals surface area contributed by atoms with Gasteiger partial charge in [0.15, 0.2) is 0 Å². The number of hydrogen-bond acceptors (Lipinski definition) is 7. The molecule has 0 aliphatic heterocycles. The van der Waals surface area contributed by atoms with Gasteiger partial charge >= 0.3 is 11.9 Å². The molecule has 3 aromatic carbocycles. The predicted molar refractivity (Wildman–Crippen MR) is 146 cm³/mol. The summed E-state index contributed by atoms with van der Waals surface area (Å²) in [5.41, 5.74) is 5.42. The number of fused-ring (bicyclic) bond motifs is 2. The molecule has 0 saturated heterocycles. The second-order valence-corrected chi connectivity index (χ2v) is 8.63. The van der Waals surface area contributed by atoms with Gasteiger partial charge in [0.05, 0.1) is 16.9 Å². The van der Waals surface area contributed by atoms with E-state index in [1.54, 1.807) is 19.3 Å². The Bertz CT molecular complexity index is 1740. The molecule has 0 atom stereocenters. The van der Waals surface area contributed by atoms with Crippen molar-refractivity contribution in [2.24, 2.45) is 10.3 Å². The van der Waals surface area contributed by atoms with Crippen LogP contribution in [0.2, 0.25) is 0 Å². The molecule has 0 unspecified atom stereocenters. The van der Waals surface area contributed by atoms with E-state index >= 15 is 0 Å². The number of aromatic nitrogens is 2. The van der Waals surface area contributed by atoms with Gasteiger partial charge in [-0.1, -0.05) is 58.8 Å². The fourth-order valence-corrected chi connectivity index (χ4v) is 4.44. The van der Waals surface area contributed by atoms with Gasteiger partial charge in [0.2, 0.25) is 0 Å². The molecule has 5 rings (SSSR count). The number of carbonyl (C=O) groups excluding carboxylic acids is 2. The fraction of sp³-hybridized carbons (Fsp3) is 0.100. The van der Waals surface area contributed by atoms with Gasteiger partial charge in [-0.2, -0.15) is 0 Å². The van der Waals surface area contributed by atoms with Crippen LogP contribution in [0.4, 0.5) is 0 Å². The fourth-order valence-electron chi connectivity index (χ4n) is 4.44. The molecule has 0 fully saturated rings. The van der Waals surface area contributed by atoms with Crippen LogP contribution >= 0.6 is 0 Å². The summed E-state index contributed by atoms with van der Waals surface area (Å²) >= 11 is 0. The highest BCUT2D eigenvalue weighted by molar-refractivity contribution is 6.20. The van der Waals surface area contributed by atoms with Crippen molar-refractivity contribution >= 4 is 45.0 Å². The molecule has 188 valence electrons. The van der Waals surface area contributed by atoms with E-state index in [1.165, 1.54) is 13.8 Å². The van der Waals surface area contributed by atoms with Crippen LogP contribution in [0.15, 0.2) is 102 Å². The van der Waals surface area contributed by atoms with Gasteiger partial charge in [-0.3, -0.25) is 4.98 Å². The van der Waals surface area contributed by atoms with Crippen LogP contribution in [0.1, 0.15) is 37.5 Å². The lowest BCUT2D eigenvalue weighted by atomic mass is 10.00. The molecule has 0 bridgehead atoms. The minimum Gasteiger partial charge on any atom is -0.318 e. The van der Waals surface area contributed by atoms with Crippen LogP contribution in [0, 0.1) is 0 Å². The molecule has 0 amide bonds. The van der Waals surface area contributed by atoms with Crippen LogP contribution in [0.3, 0.4) is 0 Å². The maximum Gasteiger partial charge on any atom is 0.332 e. The van der Waals surface area contributed by atoms with Crippen molar-refractivity contribution in [3.63, 3.8) is 0 Å². The zero-order chi connectivity index (χ0) is 26.6. The third-order valence-corrected chi connectivity index (χ3v) is 6.05. The number of para-hydroxylation sites is 1. The molecule has 2 aromatic heterocycles. The number of carbonyl (C=O) groups is 2. The zero-order valence-electron chi connectivity index (χ0n) is 21.1. The SMILES string of the molecule is CC(=O)O/N=C(\C)c1ccc(-n2cc(/C(=N/OC(C)=O)c3ccncc3)c3ccccc32)c2ccccc12. The lowest BCUT2D eigenvalue weighted by Crippen LogP contribution is -2.06. The molecule has 5 aromatic rings. The molecule has 0 saturated carbocycles. The van der Waals surface area contributed by atoms with Gasteiger partial charge in [0, 0.05) is 59.9 Å². The van der Waals surface area contributed by atoms with E-state index in [1.807, 2.05) is 79.0 Å². The number of pyridine rings is 1. The Morgan fingerprint density at radius 2 is 1.34 bits per heavy atom. The summed E-state index contributed by atoms with van der Waals surface area (Å²) in [5.74, 6) is -0.982. The quantitative estimate of drug-likeness (QED) is 0.166. The molecule has 0 aliphatic carbocycles. The van der Waals surface area contributed by atoms with E-state index in [9.17, 15) is 9.59 Å². The van der Waals surface area contributed by atoms with Crippen molar-refractivity contribution < 1.29 is 19.3 Å². The average molecular weight is 505 g/mol. The van der Waals surface area contributed by atoms with Gasteiger partial charge in [0.25, 0.3) is 0 Å². The summed E-state index contributed by atoms with van der Waals surface area (Å²) in [4.78, 5) is 37.0. The first-order valence-electron chi connectivity index (χ1n) is 11.9. The molecule has 0 aliphatic rings. The smallest absolute Gasteiger partial charge is 0.318 e. The minimum atomic E-state index is -0.507. The first-order chi connectivity index (χ1) is 18.4.